The third kappa shape index (κ3) is 2.40. The van der Waals surface area contributed by atoms with Gasteiger partial charge in [-0.1, -0.05) is 15.9 Å². The number of halogens is 3. The zero-order valence-electron chi connectivity index (χ0n) is 7.17. The van der Waals surface area contributed by atoms with E-state index in [1.165, 1.54) is 6.07 Å². The predicted octanol–water partition coefficient (Wildman–Crippen LogP) is 3.07. The maximum Gasteiger partial charge on any atom is 0.283 e. The highest BCUT2D eigenvalue weighted by Crippen LogP contribution is 2.28. The van der Waals surface area contributed by atoms with E-state index in [4.69, 9.17) is 0 Å². The monoisotopic (exact) mass is 339 g/mol. The molecule has 0 aliphatic heterocycles. The van der Waals surface area contributed by atoms with E-state index in [9.17, 15) is 19.3 Å². The Labute approximate surface area is 101 Å². The zero-order chi connectivity index (χ0) is 11.6. The summed E-state index contributed by atoms with van der Waals surface area (Å²) in [6.45, 7) is 0. The maximum absolute atomic E-state index is 13.5. The lowest BCUT2D eigenvalue weighted by Gasteiger charge is -2.02. The Hall–Kier alpha value is -0.820. The van der Waals surface area contributed by atoms with Crippen molar-refractivity contribution in [3.05, 3.63) is 38.1 Å². The van der Waals surface area contributed by atoms with Crippen molar-refractivity contribution >= 4 is 43.3 Å². The first-order valence-electron chi connectivity index (χ1n) is 3.70. The van der Waals surface area contributed by atoms with Crippen LogP contribution in [0.1, 0.15) is 10.4 Å². The van der Waals surface area contributed by atoms with Gasteiger partial charge in [0.2, 0.25) is 0 Å². The average Bonchev–Trinajstić information content (AvgIpc) is 2.20. The van der Waals surface area contributed by atoms with Crippen LogP contribution < -0.4 is 0 Å². The second-order valence-corrected chi connectivity index (χ2v) is 3.98. The largest absolute Gasteiger partial charge is 0.293 e. The molecule has 0 unspecified atom stereocenters. The van der Waals surface area contributed by atoms with E-state index in [-0.39, 0.29) is 9.80 Å². The van der Waals surface area contributed by atoms with Crippen molar-refractivity contribution in [2.45, 2.75) is 0 Å². The van der Waals surface area contributed by atoms with Crippen LogP contribution in [0.2, 0.25) is 0 Å². The van der Waals surface area contributed by atoms with Gasteiger partial charge in [-0.2, -0.15) is 0 Å². The molecule has 15 heavy (non-hydrogen) atoms. The molecule has 0 saturated carbocycles. The lowest BCUT2D eigenvalue weighted by atomic mass is 10.1. The van der Waals surface area contributed by atoms with Crippen LogP contribution in [0, 0.1) is 15.9 Å². The molecule has 0 bridgehead atoms. The molecule has 0 spiro atoms. The van der Waals surface area contributed by atoms with Gasteiger partial charge in [-0.15, -0.1) is 0 Å². The van der Waals surface area contributed by atoms with Crippen molar-refractivity contribution < 1.29 is 14.1 Å². The average molecular weight is 341 g/mol. The lowest BCUT2D eigenvalue weighted by Crippen LogP contribution is -2.08. The van der Waals surface area contributed by atoms with Gasteiger partial charge in [-0.25, -0.2) is 4.39 Å². The number of carbonyl (C=O) groups is 1. The number of alkyl halides is 1. The van der Waals surface area contributed by atoms with Crippen LogP contribution >= 0.6 is 31.9 Å². The van der Waals surface area contributed by atoms with Crippen molar-refractivity contribution in [2.24, 2.45) is 0 Å². The Kier molecular flexibility index (Phi) is 3.92. The minimum absolute atomic E-state index is 0.0254. The number of hydrogen-bond donors (Lipinski definition) is 0. The number of nitro benzene ring substituents is 1. The van der Waals surface area contributed by atoms with Crippen LogP contribution in [0.3, 0.4) is 0 Å². The number of ketones is 1. The van der Waals surface area contributed by atoms with Gasteiger partial charge in [0, 0.05) is 6.07 Å². The first kappa shape index (κ1) is 12.3. The van der Waals surface area contributed by atoms with Crippen LogP contribution in [0.4, 0.5) is 10.1 Å². The molecule has 1 aromatic rings. The number of benzene rings is 1. The molecule has 0 aliphatic rings. The number of Topliss-reactive ketones (excluding diaryl/α,β-unsaturated/α-hetero) is 1. The number of rotatable bonds is 3. The zero-order valence-corrected chi connectivity index (χ0v) is 10.3. The van der Waals surface area contributed by atoms with Gasteiger partial charge >= 0.3 is 0 Å². The molecule has 0 N–H and O–H groups in total. The summed E-state index contributed by atoms with van der Waals surface area (Å²) in [6.07, 6.45) is 0. The van der Waals surface area contributed by atoms with Crippen molar-refractivity contribution in [3.63, 3.8) is 0 Å². The minimum Gasteiger partial charge on any atom is -0.293 e. The van der Waals surface area contributed by atoms with Gasteiger partial charge in [0.15, 0.2) is 11.6 Å². The first-order chi connectivity index (χ1) is 6.99. The smallest absolute Gasteiger partial charge is 0.283 e. The summed E-state index contributed by atoms with van der Waals surface area (Å²) in [7, 11) is 0. The van der Waals surface area contributed by atoms with Gasteiger partial charge in [-0.05, 0) is 22.0 Å². The maximum atomic E-state index is 13.5. The third-order valence-electron chi connectivity index (χ3n) is 1.67. The summed E-state index contributed by atoms with van der Waals surface area (Å²) in [4.78, 5) is 21.1. The predicted molar refractivity (Wildman–Crippen MR) is 58.9 cm³/mol. The molecule has 0 heterocycles. The van der Waals surface area contributed by atoms with Crippen molar-refractivity contribution in [2.75, 3.05) is 5.33 Å². The van der Waals surface area contributed by atoms with Crippen molar-refractivity contribution in [1.82, 2.24) is 0 Å². The molecular weight excluding hydrogens is 337 g/mol. The molecule has 1 rings (SSSR count). The van der Waals surface area contributed by atoms with Crippen molar-refractivity contribution in [3.8, 4) is 0 Å². The number of nitrogens with zero attached hydrogens (tertiary/aromatic N) is 1. The molecule has 7 heteroatoms. The summed E-state index contributed by atoms with van der Waals surface area (Å²) in [6, 6.07) is 2.28. The minimum atomic E-state index is -0.909. The Morgan fingerprint density at radius 3 is 2.60 bits per heavy atom. The van der Waals surface area contributed by atoms with Gasteiger partial charge in [-0.3, -0.25) is 14.9 Å². The summed E-state index contributed by atoms with van der Waals surface area (Å²) in [5.74, 6) is -1.57. The highest BCUT2D eigenvalue weighted by molar-refractivity contribution is 9.10. The van der Waals surface area contributed by atoms with Gasteiger partial charge in [0.05, 0.1) is 14.7 Å². The Morgan fingerprint density at radius 2 is 2.13 bits per heavy atom. The summed E-state index contributed by atoms with van der Waals surface area (Å²) < 4.78 is 13.5. The van der Waals surface area contributed by atoms with Crippen LogP contribution in [0.25, 0.3) is 0 Å². The molecule has 0 atom stereocenters. The van der Waals surface area contributed by atoms with E-state index in [1.54, 1.807) is 0 Å². The quantitative estimate of drug-likeness (QED) is 0.367. The Bertz CT molecular complexity index is 436. The molecule has 0 fully saturated rings. The van der Waals surface area contributed by atoms with E-state index < -0.39 is 27.8 Å². The molecule has 0 saturated heterocycles. The van der Waals surface area contributed by atoms with E-state index in [1.807, 2.05) is 0 Å². The third-order valence-corrected chi connectivity index (χ3v) is 2.79. The van der Waals surface area contributed by atoms with Gasteiger partial charge in [0.1, 0.15) is 5.56 Å². The SMILES string of the molecule is O=C(CBr)c1c([N+](=O)[O-])ccc(Br)c1F. The standard InChI is InChI=1S/C8H4Br2FNO3/c9-3-6(13)7-5(12(14)15)2-1-4(10)8(7)11/h1-2H,3H2. The topological polar surface area (TPSA) is 60.2 Å². The second kappa shape index (κ2) is 4.80. The molecule has 0 amide bonds. The second-order valence-electron chi connectivity index (χ2n) is 2.57. The molecular formula is C8H4Br2FNO3. The van der Waals surface area contributed by atoms with Crippen LogP contribution in [0.5, 0.6) is 0 Å². The number of nitro groups is 1. The van der Waals surface area contributed by atoms with Crippen LogP contribution in [-0.2, 0) is 0 Å². The highest BCUT2D eigenvalue weighted by atomic mass is 79.9. The fourth-order valence-corrected chi connectivity index (χ4v) is 1.64. The number of hydrogen-bond acceptors (Lipinski definition) is 3. The Balaban J connectivity index is 3.48. The number of carbonyl (C=O) groups excluding carboxylic acids is 1. The van der Waals surface area contributed by atoms with Gasteiger partial charge < -0.3 is 0 Å². The van der Waals surface area contributed by atoms with Crippen LogP contribution in [-0.4, -0.2) is 16.0 Å². The molecule has 4 nitrogen and oxygen atoms in total. The van der Waals surface area contributed by atoms with Crippen molar-refractivity contribution in [1.29, 1.82) is 0 Å². The van der Waals surface area contributed by atoms with E-state index >= 15 is 0 Å². The normalized spacial score (nSPS) is 10.1. The molecule has 0 aromatic heterocycles. The summed E-state index contributed by atoms with van der Waals surface area (Å²) in [5, 5.41) is 10.4. The molecule has 80 valence electrons. The fraction of sp³-hybridized carbons (Fsp3) is 0.125. The van der Waals surface area contributed by atoms with Crippen LogP contribution in [0.15, 0.2) is 16.6 Å². The molecule has 0 aliphatic carbocycles. The van der Waals surface area contributed by atoms with E-state index in [0.29, 0.717) is 0 Å². The highest BCUT2D eigenvalue weighted by Gasteiger charge is 2.25. The molecule has 1 aromatic carbocycles. The fourth-order valence-electron chi connectivity index (χ4n) is 1.02. The van der Waals surface area contributed by atoms with E-state index in [0.717, 1.165) is 6.07 Å². The van der Waals surface area contributed by atoms with Gasteiger partial charge in [0.25, 0.3) is 5.69 Å². The van der Waals surface area contributed by atoms with E-state index in [2.05, 4.69) is 31.9 Å². The lowest BCUT2D eigenvalue weighted by molar-refractivity contribution is -0.385. The Morgan fingerprint density at radius 1 is 1.53 bits per heavy atom. The summed E-state index contributed by atoms with van der Waals surface area (Å²) >= 11 is 5.70. The molecule has 0 radical (unpaired) electrons. The summed E-state index contributed by atoms with van der Waals surface area (Å²) in [5.41, 5.74) is -1.04. The first-order valence-corrected chi connectivity index (χ1v) is 5.62.